The number of benzene rings is 9. The molecule has 1 spiro atoms. The Hall–Kier alpha value is -7.91. The van der Waals surface area contributed by atoms with Crippen molar-refractivity contribution in [2.24, 2.45) is 0 Å². The largest absolute Gasteiger partial charge is 0.208 e. The zero-order valence-corrected chi connectivity index (χ0v) is 34.1. The van der Waals surface area contributed by atoms with Crippen LogP contribution in [0, 0.1) is 11.3 Å². The van der Waals surface area contributed by atoms with Crippen molar-refractivity contribution in [3.05, 3.63) is 234 Å². The van der Waals surface area contributed by atoms with Crippen LogP contribution in [0.1, 0.15) is 27.8 Å². The Morgan fingerprint density at radius 3 is 1.52 bits per heavy atom. The molecule has 4 nitrogen and oxygen atoms in total. The first-order valence-electron chi connectivity index (χ1n) is 20.7. The summed E-state index contributed by atoms with van der Waals surface area (Å²) in [6.07, 6.45) is 0. The first kappa shape index (κ1) is 36.0. The van der Waals surface area contributed by atoms with Gasteiger partial charge in [0.25, 0.3) is 0 Å². The van der Waals surface area contributed by atoms with Crippen LogP contribution in [0.5, 0.6) is 0 Å². The lowest BCUT2D eigenvalue weighted by Crippen LogP contribution is -2.32. The van der Waals surface area contributed by atoms with Crippen molar-refractivity contribution in [3.63, 3.8) is 0 Å². The third kappa shape index (κ3) is 5.58. The van der Waals surface area contributed by atoms with E-state index in [0.29, 0.717) is 23.0 Å². The molecule has 1 aromatic heterocycles. The minimum absolute atomic E-state index is 0.620. The van der Waals surface area contributed by atoms with Gasteiger partial charge in [0.15, 0.2) is 17.5 Å². The molecule has 0 fully saturated rings. The molecule has 1 aliphatic heterocycles. The number of hydrogen-bond donors (Lipinski definition) is 0. The molecular formula is C57H34N4S. The highest BCUT2D eigenvalue weighted by Gasteiger charge is 2.50. The van der Waals surface area contributed by atoms with Crippen molar-refractivity contribution in [1.82, 2.24) is 15.0 Å². The van der Waals surface area contributed by atoms with Crippen LogP contribution in [0.25, 0.3) is 78.3 Å². The van der Waals surface area contributed by atoms with E-state index in [0.717, 1.165) is 33.4 Å². The van der Waals surface area contributed by atoms with Crippen LogP contribution in [0.15, 0.2) is 216 Å². The Morgan fingerprint density at radius 2 is 0.839 bits per heavy atom. The van der Waals surface area contributed by atoms with Gasteiger partial charge in [0.2, 0.25) is 0 Å². The summed E-state index contributed by atoms with van der Waals surface area (Å²) in [4.78, 5) is 17.8. The molecule has 5 heteroatoms. The molecule has 0 saturated carbocycles. The molecule has 288 valence electrons. The predicted octanol–water partition coefficient (Wildman–Crippen LogP) is 14.1. The van der Waals surface area contributed by atoms with Crippen molar-refractivity contribution in [3.8, 4) is 73.6 Å². The molecular weight excluding hydrogens is 773 g/mol. The summed E-state index contributed by atoms with van der Waals surface area (Å²) in [5.41, 5.74) is 14.9. The second-order valence-electron chi connectivity index (χ2n) is 15.8. The molecule has 0 N–H and O–H groups in total. The molecule has 1 atom stereocenters. The highest BCUT2D eigenvalue weighted by Crippen LogP contribution is 2.63. The van der Waals surface area contributed by atoms with E-state index in [4.69, 9.17) is 15.0 Å². The molecule has 0 saturated heterocycles. The van der Waals surface area contributed by atoms with Crippen LogP contribution in [-0.4, -0.2) is 15.0 Å². The van der Waals surface area contributed by atoms with Gasteiger partial charge in [-0.3, -0.25) is 0 Å². The van der Waals surface area contributed by atoms with Crippen molar-refractivity contribution < 1.29 is 0 Å². The quantitative estimate of drug-likeness (QED) is 0.173. The molecule has 1 aliphatic carbocycles. The van der Waals surface area contributed by atoms with Gasteiger partial charge < -0.3 is 0 Å². The molecule has 9 aromatic carbocycles. The maximum Gasteiger partial charge on any atom is 0.164 e. The zero-order valence-electron chi connectivity index (χ0n) is 33.3. The fraction of sp³-hybridized carbons (Fsp3) is 0.0175. The van der Waals surface area contributed by atoms with Crippen molar-refractivity contribution in [2.75, 3.05) is 0 Å². The number of fused-ring (bicyclic) bond motifs is 10. The van der Waals surface area contributed by atoms with Crippen molar-refractivity contribution in [1.29, 1.82) is 5.26 Å². The Bertz CT molecular complexity index is 3390. The van der Waals surface area contributed by atoms with E-state index in [1.807, 2.05) is 72.4 Å². The summed E-state index contributed by atoms with van der Waals surface area (Å²) >= 11 is 1.85. The van der Waals surface area contributed by atoms with Gasteiger partial charge >= 0.3 is 0 Å². The van der Waals surface area contributed by atoms with Gasteiger partial charge in [-0.15, -0.1) is 0 Å². The normalized spacial score (nSPS) is 14.4. The molecule has 1 unspecified atom stereocenters. The number of aromatic nitrogens is 3. The minimum Gasteiger partial charge on any atom is -0.208 e. The van der Waals surface area contributed by atoms with Gasteiger partial charge in [-0.25, -0.2) is 15.0 Å². The molecule has 0 radical (unpaired) electrons. The van der Waals surface area contributed by atoms with Crippen molar-refractivity contribution in [2.45, 2.75) is 15.2 Å². The number of hydrogen-bond acceptors (Lipinski definition) is 5. The minimum atomic E-state index is -0.620. The summed E-state index contributed by atoms with van der Waals surface area (Å²) in [7, 11) is 0. The third-order valence-corrected chi connectivity index (χ3v) is 13.6. The van der Waals surface area contributed by atoms with E-state index in [9.17, 15) is 5.26 Å². The molecule has 62 heavy (non-hydrogen) atoms. The second kappa shape index (κ2) is 14.4. The van der Waals surface area contributed by atoms with Crippen LogP contribution in [0.4, 0.5) is 0 Å². The molecule has 10 aromatic rings. The van der Waals surface area contributed by atoms with E-state index in [2.05, 4.69) is 152 Å². The predicted molar refractivity (Wildman–Crippen MR) is 251 cm³/mol. The Balaban J connectivity index is 1.09. The van der Waals surface area contributed by atoms with Crippen LogP contribution in [-0.2, 0) is 5.41 Å². The van der Waals surface area contributed by atoms with E-state index >= 15 is 0 Å². The lowest BCUT2D eigenvalue weighted by atomic mass is 9.66. The van der Waals surface area contributed by atoms with Gasteiger partial charge in [0, 0.05) is 26.5 Å². The maximum absolute atomic E-state index is 9.46. The smallest absolute Gasteiger partial charge is 0.164 e. The fourth-order valence-corrected chi connectivity index (χ4v) is 10.8. The monoisotopic (exact) mass is 806 g/mol. The topological polar surface area (TPSA) is 62.5 Å². The number of nitriles is 1. The average molecular weight is 807 g/mol. The van der Waals surface area contributed by atoms with Gasteiger partial charge in [-0.05, 0) is 103 Å². The molecule has 2 heterocycles. The third-order valence-electron chi connectivity index (χ3n) is 12.5. The summed E-state index contributed by atoms with van der Waals surface area (Å²) < 4.78 is 0. The zero-order chi connectivity index (χ0) is 41.2. The lowest BCUT2D eigenvalue weighted by Gasteiger charge is -2.40. The highest BCUT2D eigenvalue weighted by atomic mass is 32.2. The maximum atomic E-state index is 9.46. The van der Waals surface area contributed by atoms with E-state index in [1.165, 1.54) is 59.5 Å². The van der Waals surface area contributed by atoms with Gasteiger partial charge in [0.1, 0.15) is 0 Å². The van der Waals surface area contributed by atoms with E-state index in [-0.39, 0.29) is 0 Å². The number of nitrogens with zero attached hydrogens (tertiary/aromatic N) is 4. The first-order chi connectivity index (χ1) is 30.7. The van der Waals surface area contributed by atoms with Gasteiger partial charge in [-0.2, -0.15) is 5.26 Å². The van der Waals surface area contributed by atoms with Gasteiger partial charge in [-0.1, -0.05) is 182 Å². The number of rotatable bonds is 5. The van der Waals surface area contributed by atoms with Gasteiger partial charge in [0.05, 0.1) is 17.0 Å². The molecule has 0 amide bonds. The Kier molecular flexibility index (Phi) is 8.35. The Labute approximate surface area is 363 Å². The average Bonchev–Trinajstić information content (AvgIpc) is 3.64. The Morgan fingerprint density at radius 1 is 0.355 bits per heavy atom. The van der Waals surface area contributed by atoms with Crippen LogP contribution in [0.3, 0.4) is 0 Å². The summed E-state index contributed by atoms with van der Waals surface area (Å²) in [6.45, 7) is 0. The molecule has 12 rings (SSSR count). The van der Waals surface area contributed by atoms with Crippen LogP contribution >= 0.6 is 11.8 Å². The van der Waals surface area contributed by atoms with Crippen molar-refractivity contribution >= 4 is 22.5 Å². The standard InChI is InChI=1S/C57H34N4S/c58-35-36-23-25-37(26-24-36)42-30-31-43(45-18-8-7-17-44(42)45)40-28-32-53-51(33-40)57(49-21-11-12-22-52(49)62-53)48-20-10-9-19-46(48)47-29-27-41(34-50(47)57)56-60-54(38-13-3-1-4-14-38)59-55(61-56)39-15-5-2-6-16-39/h1-34H. The summed E-state index contributed by atoms with van der Waals surface area (Å²) in [5, 5.41) is 11.8. The molecule has 2 aliphatic rings. The van der Waals surface area contributed by atoms with E-state index < -0.39 is 5.41 Å². The highest BCUT2D eigenvalue weighted by molar-refractivity contribution is 7.99. The van der Waals surface area contributed by atoms with Crippen LogP contribution < -0.4 is 0 Å². The van der Waals surface area contributed by atoms with Crippen LogP contribution in [0.2, 0.25) is 0 Å². The lowest BCUT2D eigenvalue weighted by molar-refractivity contribution is 0.723. The summed E-state index contributed by atoms with van der Waals surface area (Å²) in [5.74, 6) is 1.91. The SMILES string of the molecule is N#Cc1ccc(-c2ccc(-c3ccc4c(c3)C3(c5ccccc5S4)c4ccccc4-c4ccc(-c5nc(-c6ccccc6)nc(-c6ccccc6)n5)cc43)c3ccccc23)cc1. The fourth-order valence-electron chi connectivity index (χ4n) is 9.67. The first-order valence-corrected chi connectivity index (χ1v) is 21.6. The summed E-state index contributed by atoms with van der Waals surface area (Å²) in [6, 6.07) is 75.3. The second-order valence-corrected chi connectivity index (χ2v) is 16.9. The van der Waals surface area contributed by atoms with E-state index in [1.54, 1.807) is 0 Å². The molecule has 0 bridgehead atoms.